The quantitative estimate of drug-likeness (QED) is 0.663. The van der Waals surface area contributed by atoms with Crippen molar-refractivity contribution in [2.75, 3.05) is 32.1 Å². The first-order valence-corrected chi connectivity index (χ1v) is 11.2. The van der Waals surface area contributed by atoms with Gasteiger partial charge in [-0.05, 0) is 28.8 Å². The van der Waals surface area contributed by atoms with Crippen LogP contribution in [0.15, 0.2) is 42.5 Å². The fourth-order valence-corrected chi connectivity index (χ4v) is 4.54. The molecular formula is C21H24Cl2N2O2S. The summed E-state index contributed by atoms with van der Waals surface area (Å²) in [6.45, 7) is 5.06. The molecule has 1 saturated heterocycles. The Morgan fingerprint density at radius 1 is 1.04 bits per heavy atom. The Balaban J connectivity index is 1.38. The van der Waals surface area contributed by atoms with E-state index in [1.807, 2.05) is 18.2 Å². The lowest BCUT2D eigenvalue weighted by Crippen LogP contribution is -2.35. The summed E-state index contributed by atoms with van der Waals surface area (Å²) in [5.41, 5.74) is 3.25. The number of ether oxygens (including phenoxy) is 1. The number of amides is 1. The summed E-state index contributed by atoms with van der Waals surface area (Å²) in [4.78, 5) is 14.5. The lowest BCUT2D eigenvalue weighted by Gasteiger charge is -2.26. The lowest BCUT2D eigenvalue weighted by molar-refractivity contribution is -0.118. The van der Waals surface area contributed by atoms with Crippen LogP contribution in [0.5, 0.6) is 0 Å². The van der Waals surface area contributed by atoms with Crippen LogP contribution in [0.2, 0.25) is 10.0 Å². The first-order chi connectivity index (χ1) is 13.6. The van der Waals surface area contributed by atoms with Gasteiger partial charge in [0.2, 0.25) is 5.91 Å². The molecule has 2 aromatic carbocycles. The Morgan fingerprint density at radius 2 is 1.68 bits per heavy atom. The summed E-state index contributed by atoms with van der Waals surface area (Å²) in [6, 6.07) is 13.9. The zero-order valence-electron chi connectivity index (χ0n) is 15.6. The third-order valence-corrected chi connectivity index (χ3v) is 6.23. The summed E-state index contributed by atoms with van der Waals surface area (Å²) in [5, 5.41) is 4.24. The van der Waals surface area contributed by atoms with Gasteiger partial charge in [-0.1, -0.05) is 53.5 Å². The van der Waals surface area contributed by atoms with Gasteiger partial charge in [-0.3, -0.25) is 9.69 Å². The zero-order chi connectivity index (χ0) is 19.8. The molecular weight excluding hydrogens is 415 g/mol. The number of hydrogen-bond acceptors (Lipinski definition) is 4. The maximum Gasteiger partial charge on any atom is 0.230 e. The van der Waals surface area contributed by atoms with Gasteiger partial charge in [-0.15, -0.1) is 11.8 Å². The monoisotopic (exact) mass is 438 g/mol. The minimum Gasteiger partial charge on any atom is -0.379 e. The van der Waals surface area contributed by atoms with Crippen LogP contribution < -0.4 is 5.32 Å². The van der Waals surface area contributed by atoms with E-state index in [9.17, 15) is 4.79 Å². The van der Waals surface area contributed by atoms with Crippen molar-refractivity contribution in [1.82, 2.24) is 10.2 Å². The average Bonchev–Trinajstić information content (AvgIpc) is 2.70. The van der Waals surface area contributed by atoms with Crippen molar-refractivity contribution >= 4 is 40.9 Å². The predicted octanol–water partition coefficient (Wildman–Crippen LogP) is 4.38. The van der Waals surface area contributed by atoms with Crippen LogP contribution in [0.3, 0.4) is 0 Å². The molecule has 1 aliphatic heterocycles. The highest BCUT2D eigenvalue weighted by molar-refractivity contribution is 7.99. The predicted molar refractivity (Wildman–Crippen MR) is 117 cm³/mol. The molecule has 0 aromatic heterocycles. The SMILES string of the molecule is O=C(CSCc1c(Cl)cccc1Cl)NCc1ccc(CN2CCOCC2)cc1. The van der Waals surface area contributed by atoms with Crippen molar-refractivity contribution < 1.29 is 9.53 Å². The Bertz CT molecular complexity index is 760. The van der Waals surface area contributed by atoms with E-state index in [0.717, 1.165) is 44.0 Å². The van der Waals surface area contributed by atoms with E-state index in [1.54, 1.807) is 0 Å². The van der Waals surface area contributed by atoms with Crippen LogP contribution in [-0.2, 0) is 28.4 Å². The van der Waals surface area contributed by atoms with Crippen LogP contribution in [0, 0.1) is 0 Å². The first-order valence-electron chi connectivity index (χ1n) is 9.27. The highest BCUT2D eigenvalue weighted by Gasteiger charge is 2.11. The van der Waals surface area contributed by atoms with Gasteiger partial charge in [-0.25, -0.2) is 0 Å². The van der Waals surface area contributed by atoms with Gasteiger partial charge in [0.1, 0.15) is 0 Å². The van der Waals surface area contributed by atoms with Gasteiger partial charge in [-0.2, -0.15) is 0 Å². The normalized spacial score (nSPS) is 14.8. The Morgan fingerprint density at radius 3 is 2.36 bits per heavy atom. The van der Waals surface area contributed by atoms with Crippen LogP contribution in [0.1, 0.15) is 16.7 Å². The Hall–Kier alpha value is -1.24. The molecule has 2 aromatic rings. The summed E-state index contributed by atoms with van der Waals surface area (Å²) >= 11 is 13.8. The number of halogens is 2. The molecule has 150 valence electrons. The number of morpholine rings is 1. The number of hydrogen-bond donors (Lipinski definition) is 1. The van der Waals surface area contributed by atoms with Crippen LogP contribution in [-0.4, -0.2) is 42.9 Å². The highest BCUT2D eigenvalue weighted by Crippen LogP contribution is 2.28. The molecule has 0 saturated carbocycles. The molecule has 0 aliphatic carbocycles. The second-order valence-corrected chi connectivity index (χ2v) is 8.47. The second kappa shape index (κ2) is 11.1. The molecule has 1 heterocycles. The van der Waals surface area contributed by atoms with Crippen molar-refractivity contribution in [2.45, 2.75) is 18.8 Å². The molecule has 28 heavy (non-hydrogen) atoms. The molecule has 1 amide bonds. The summed E-state index contributed by atoms with van der Waals surface area (Å²) in [7, 11) is 0. The highest BCUT2D eigenvalue weighted by atomic mass is 35.5. The topological polar surface area (TPSA) is 41.6 Å². The molecule has 1 fully saturated rings. The van der Waals surface area contributed by atoms with E-state index in [4.69, 9.17) is 27.9 Å². The van der Waals surface area contributed by atoms with Gasteiger partial charge < -0.3 is 10.1 Å². The molecule has 0 unspecified atom stereocenters. The number of carbonyl (C=O) groups is 1. The number of rotatable bonds is 8. The molecule has 0 atom stereocenters. The summed E-state index contributed by atoms with van der Waals surface area (Å²) < 4.78 is 5.38. The number of thioether (sulfide) groups is 1. The molecule has 0 spiro atoms. The smallest absolute Gasteiger partial charge is 0.230 e. The lowest BCUT2D eigenvalue weighted by atomic mass is 10.1. The minimum absolute atomic E-state index is 0.00516. The standard InChI is InChI=1S/C21H24Cl2N2O2S/c22-19-2-1-3-20(23)18(19)14-28-15-21(26)24-12-16-4-6-17(7-5-16)13-25-8-10-27-11-9-25/h1-7H,8-15H2,(H,24,26). The van der Waals surface area contributed by atoms with E-state index >= 15 is 0 Å². The van der Waals surface area contributed by atoms with Gasteiger partial charge in [0.05, 0.1) is 19.0 Å². The summed E-state index contributed by atoms with van der Waals surface area (Å²) in [6.07, 6.45) is 0. The zero-order valence-corrected chi connectivity index (χ0v) is 18.0. The third-order valence-electron chi connectivity index (χ3n) is 4.56. The Kier molecular flexibility index (Phi) is 8.49. The van der Waals surface area contributed by atoms with Crippen molar-refractivity contribution in [3.63, 3.8) is 0 Å². The number of carbonyl (C=O) groups excluding carboxylic acids is 1. The number of benzene rings is 2. The van der Waals surface area contributed by atoms with Crippen molar-refractivity contribution in [3.8, 4) is 0 Å². The molecule has 4 nitrogen and oxygen atoms in total. The molecule has 0 bridgehead atoms. The van der Waals surface area contributed by atoms with Gasteiger partial charge in [0, 0.05) is 42.0 Å². The van der Waals surface area contributed by atoms with E-state index in [-0.39, 0.29) is 5.91 Å². The maximum absolute atomic E-state index is 12.1. The van der Waals surface area contributed by atoms with Crippen molar-refractivity contribution in [3.05, 3.63) is 69.2 Å². The second-order valence-electron chi connectivity index (χ2n) is 6.67. The van der Waals surface area contributed by atoms with E-state index < -0.39 is 0 Å². The molecule has 7 heteroatoms. The van der Waals surface area contributed by atoms with Gasteiger partial charge >= 0.3 is 0 Å². The van der Waals surface area contributed by atoms with Gasteiger partial charge in [0.15, 0.2) is 0 Å². The summed E-state index contributed by atoms with van der Waals surface area (Å²) in [5.74, 6) is 0.990. The molecule has 0 radical (unpaired) electrons. The number of nitrogens with one attached hydrogen (secondary N) is 1. The number of nitrogens with zero attached hydrogens (tertiary/aromatic N) is 1. The minimum atomic E-state index is 0.00516. The fourth-order valence-electron chi connectivity index (χ4n) is 2.95. The average molecular weight is 439 g/mol. The van der Waals surface area contributed by atoms with Crippen molar-refractivity contribution in [1.29, 1.82) is 0 Å². The van der Waals surface area contributed by atoms with E-state index in [1.165, 1.54) is 17.3 Å². The largest absolute Gasteiger partial charge is 0.379 e. The molecule has 1 aliphatic rings. The fraction of sp³-hybridized carbons (Fsp3) is 0.381. The van der Waals surface area contributed by atoms with Crippen LogP contribution in [0.4, 0.5) is 0 Å². The van der Waals surface area contributed by atoms with Crippen LogP contribution >= 0.6 is 35.0 Å². The third kappa shape index (κ3) is 6.68. The van der Waals surface area contributed by atoms with Crippen molar-refractivity contribution in [2.24, 2.45) is 0 Å². The Labute approximate surface area is 180 Å². The van der Waals surface area contributed by atoms with E-state index in [2.05, 4.69) is 34.5 Å². The first kappa shape index (κ1) is 21.5. The maximum atomic E-state index is 12.1. The van der Waals surface area contributed by atoms with E-state index in [0.29, 0.717) is 28.1 Å². The van der Waals surface area contributed by atoms with Gasteiger partial charge in [0.25, 0.3) is 0 Å². The molecule has 3 rings (SSSR count). The molecule has 1 N–H and O–H groups in total. The van der Waals surface area contributed by atoms with Crippen LogP contribution in [0.25, 0.3) is 0 Å².